The van der Waals surface area contributed by atoms with Crippen LogP contribution in [0.5, 0.6) is 5.75 Å². The van der Waals surface area contributed by atoms with Gasteiger partial charge in [-0.25, -0.2) is 9.65 Å². The van der Waals surface area contributed by atoms with E-state index >= 15 is 0 Å². The lowest BCUT2D eigenvalue weighted by molar-refractivity contribution is 0.268. The summed E-state index contributed by atoms with van der Waals surface area (Å²) in [5.74, 6) is 0.332. The van der Waals surface area contributed by atoms with Gasteiger partial charge in [0.25, 0.3) is 0 Å². The molecule has 0 radical (unpaired) electrons. The van der Waals surface area contributed by atoms with Crippen molar-refractivity contribution < 1.29 is 13.6 Å². The van der Waals surface area contributed by atoms with Crippen molar-refractivity contribution in [2.24, 2.45) is 0 Å². The third-order valence-corrected chi connectivity index (χ3v) is 6.19. The summed E-state index contributed by atoms with van der Waals surface area (Å²) >= 11 is 0. The molecule has 2 aliphatic rings. The molecular formula is C21H27N2O4P. The summed E-state index contributed by atoms with van der Waals surface area (Å²) in [4.78, 5) is 15.6. The molecule has 0 fully saturated rings. The molecule has 1 unspecified atom stereocenters. The fourth-order valence-corrected chi connectivity index (χ4v) is 4.52. The number of para-hydroxylation sites is 1. The van der Waals surface area contributed by atoms with E-state index in [1.807, 2.05) is 30.3 Å². The largest absolute Gasteiger partial charge is 0.458 e. The summed E-state index contributed by atoms with van der Waals surface area (Å²) < 4.78 is 24.4. The van der Waals surface area contributed by atoms with Crippen molar-refractivity contribution in [3.05, 3.63) is 52.7 Å². The summed E-state index contributed by atoms with van der Waals surface area (Å²) in [6, 6.07) is 12.5. The van der Waals surface area contributed by atoms with Crippen molar-refractivity contribution >= 4 is 18.6 Å². The van der Waals surface area contributed by atoms with Crippen molar-refractivity contribution in [2.75, 3.05) is 13.2 Å². The van der Waals surface area contributed by atoms with Gasteiger partial charge in [0.05, 0.1) is 12.3 Å². The Bertz CT molecular complexity index is 1000. The Morgan fingerprint density at radius 3 is 2.68 bits per heavy atom. The third kappa shape index (κ3) is 4.82. The summed E-state index contributed by atoms with van der Waals surface area (Å²) in [5, 5.41) is 3.86. The molecule has 1 aliphatic carbocycles. The van der Waals surface area contributed by atoms with Crippen LogP contribution in [0.2, 0.25) is 0 Å². The third-order valence-electron chi connectivity index (χ3n) is 4.54. The van der Waals surface area contributed by atoms with Crippen molar-refractivity contribution in [1.29, 1.82) is 0 Å². The molecule has 6 nitrogen and oxygen atoms in total. The van der Waals surface area contributed by atoms with Gasteiger partial charge in [0, 0.05) is 17.6 Å². The number of pyridine rings is 1. The molecule has 28 heavy (non-hydrogen) atoms. The van der Waals surface area contributed by atoms with Gasteiger partial charge in [-0.3, -0.25) is 9.32 Å². The highest BCUT2D eigenvalue weighted by Gasteiger charge is 2.28. The predicted molar refractivity (Wildman–Crippen MR) is 113 cm³/mol. The van der Waals surface area contributed by atoms with Crippen LogP contribution in [0.4, 0.5) is 0 Å². The van der Waals surface area contributed by atoms with Crippen molar-refractivity contribution in [2.45, 2.75) is 39.5 Å². The summed E-state index contributed by atoms with van der Waals surface area (Å²) in [7, 11) is -3.54. The lowest BCUT2D eigenvalue weighted by atomic mass is 10.1. The van der Waals surface area contributed by atoms with Crippen LogP contribution in [-0.2, 0) is 9.09 Å². The van der Waals surface area contributed by atoms with Crippen LogP contribution < -0.4 is 15.0 Å². The molecule has 1 atom stereocenters. The Morgan fingerprint density at radius 2 is 1.89 bits per heavy atom. The molecule has 0 amide bonds. The van der Waals surface area contributed by atoms with E-state index in [2.05, 4.69) is 17.0 Å². The first-order chi connectivity index (χ1) is 13.6. The summed E-state index contributed by atoms with van der Waals surface area (Å²) in [6.07, 6.45) is 4.23. The number of nitrogens with one attached hydrogen (secondary N) is 2. The predicted octanol–water partition coefficient (Wildman–Crippen LogP) is 5.33. The van der Waals surface area contributed by atoms with E-state index in [1.54, 1.807) is 13.0 Å². The average molecular weight is 402 g/mol. The van der Waals surface area contributed by atoms with E-state index in [0.29, 0.717) is 23.6 Å². The number of fused-ring (bicyclic) bond motifs is 2. The molecule has 0 aromatic heterocycles. The van der Waals surface area contributed by atoms with E-state index in [9.17, 15) is 9.36 Å². The molecule has 3 rings (SSSR count). The highest BCUT2D eigenvalue weighted by atomic mass is 31.2. The van der Waals surface area contributed by atoms with E-state index in [-0.39, 0.29) is 12.0 Å². The van der Waals surface area contributed by atoms with Gasteiger partial charge in [-0.1, -0.05) is 44.4 Å². The second-order valence-electron chi connectivity index (χ2n) is 6.68. The minimum atomic E-state index is -3.54. The topological polar surface area (TPSA) is 80.4 Å². The van der Waals surface area contributed by atoms with Gasteiger partial charge in [-0.15, -0.1) is 0 Å². The maximum Gasteiger partial charge on any atom is 0.458 e. The molecule has 1 heterocycles. The Labute approximate surface area is 165 Å². The first kappa shape index (κ1) is 20.6. The summed E-state index contributed by atoms with van der Waals surface area (Å²) in [5.41, 5.74) is 1.74. The number of unbranched alkanes of at least 4 members (excludes halogenated alkanes) is 3. The lowest BCUT2D eigenvalue weighted by Gasteiger charge is -2.21. The molecule has 7 heteroatoms. The zero-order valence-corrected chi connectivity index (χ0v) is 17.3. The Morgan fingerprint density at radius 1 is 1.07 bits per heavy atom. The highest BCUT2D eigenvalue weighted by Crippen LogP contribution is 2.46. The van der Waals surface area contributed by atoms with Crippen LogP contribution in [0, 0.1) is 0 Å². The molecule has 150 valence electrons. The Hall–Kier alpha value is -2.14. The van der Waals surface area contributed by atoms with Crippen LogP contribution in [0.1, 0.15) is 39.5 Å². The smallest absolute Gasteiger partial charge is 0.411 e. The van der Waals surface area contributed by atoms with E-state index in [4.69, 9.17) is 9.05 Å². The van der Waals surface area contributed by atoms with Gasteiger partial charge in [0.2, 0.25) is 0 Å². The Kier molecular flexibility index (Phi) is 6.89. The van der Waals surface area contributed by atoms with Gasteiger partial charge in [-0.2, -0.15) is 0 Å². The standard InChI is InChI=1S/C21H27N2O4P/c1-3-5-6-9-14-22-28(25,26-4-2)27-20-13-12-19(24)17-15-16-10-7-8-11-18(16)23-21(17)20/h7-8,10-13,15,23H,3-6,9,14H2,1-2H3,(H,22,25). The number of rotatable bonds is 10. The molecule has 1 aliphatic heterocycles. The van der Waals surface area contributed by atoms with Gasteiger partial charge in [0.1, 0.15) is 0 Å². The highest BCUT2D eigenvalue weighted by molar-refractivity contribution is 7.52. The molecule has 1 aromatic carbocycles. The van der Waals surface area contributed by atoms with Crippen LogP contribution in [0.3, 0.4) is 0 Å². The van der Waals surface area contributed by atoms with Crippen molar-refractivity contribution in [3.8, 4) is 17.0 Å². The first-order valence-electron chi connectivity index (χ1n) is 9.80. The van der Waals surface area contributed by atoms with E-state index in [0.717, 1.165) is 36.6 Å². The summed E-state index contributed by atoms with van der Waals surface area (Å²) in [6.45, 7) is 4.71. The van der Waals surface area contributed by atoms with Crippen LogP contribution in [-0.4, -0.2) is 18.1 Å². The number of aromatic nitrogens is 1. The van der Waals surface area contributed by atoms with Gasteiger partial charge in [0.15, 0.2) is 11.2 Å². The normalized spacial score (nSPS) is 13.6. The number of hydrogen-bond donors (Lipinski definition) is 2. The van der Waals surface area contributed by atoms with E-state index in [1.165, 1.54) is 6.07 Å². The number of H-pyrrole nitrogens is 1. The molecule has 0 spiro atoms. The van der Waals surface area contributed by atoms with Crippen molar-refractivity contribution in [3.63, 3.8) is 0 Å². The average Bonchev–Trinajstić information content (AvgIpc) is 2.69. The zero-order valence-electron chi connectivity index (χ0n) is 16.4. The number of aromatic amines is 1. The molecule has 0 bridgehead atoms. The van der Waals surface area contributed by atoms with Gasteiger partial charge >= 0.3 is 7.75 Å². The molecule has 0 saturated carbocycles. The lowest BCUT2D eigenvalue weighted by Crippen LogP contribution is -2.19. The molecule has 2 N–H and O–H groups in total. The van der Waals surface area contributed by atoms with E-state index < -0.39 is 7.75 Å². The Balaban J connectivity index is 1.90. The van der Waals surface area contributed by atoms with Gasteiger partial charge in [-0.05, 0) is 43.0 Å². The fraction of sp³-hybridized carbons (Fsp3) is 0.381. The quantitative estimate of drug-likeness (QED) is 0.272. The van der Waals surface area contributed by atoms with Crippen LogP contribution >= 0.6 is 7.75 Å². The monoisotopic (exact) mass is 402 g/mol. The molecular weight excluding hydrogens is 375 g/mol. The number of benzene rings is 2. The number of hydrogen-bond acceptors (Lipinski definition) is 4. The fourth-order valence-electron chi connectivity index (χ4n) is 3.13. The van der Waals surface area contributed by atoms with Gasteiger partial charge < -0.3 is 9.51 Å². The minimum absolute atomic E-state index is 0.122. The van der Waals surface area contributed by atoms with Crippen LogP contribution in [0.15, 0.2) is 47.3 Å². The second-order valence-corrected chi connectivity index (χ2v) is 8.43. The van der Waals surface area contributed by atoms with Crippen LogP contribution in [0.25, 0.3) is 22.2 Å². The first-order valence-corrected chi connectivity index (χ1v) is 11.3. The maximum absolute atomic E-state index is 13.2. The molecule has 0 saturated heterocycles. The maximum atomic E-state index is 13.2. The second kappa shape index (κ2) is 9.37. The van der Waals surface area contributed by atoms with Crippen molar-refractivity contribution in [1.82, 2.24) is 10.1 Å². The zero-order chi connectivity index (χ0) is 20.0. The molecule has 1 aromatic rings. The SMILES string of the molecule is CCCCCCNP(=O)(OCC)Oc1ccc(=O)c2cc3ccccc3[nH]c1-2. The minimum Gasteiger partial charge on any atom is -0.411 e.